The third-order valence-electron chi connectivity index (χ3n) is 1.82. The lowest BCUT2D eigenvalue weighted by Crippen LogP contribution is -2.12. The molecule has 0 bridgehead atoms. The van der Waals surface area contributed by atoms with Crippen LogP contribution in [-0.4, -0.2) is 17.9 Å². The zero-order chi connectivity index (χ0) is 9.97. The van der Waals surface area contributed by atoms with Gasteiger partial charge < -0.3 is 14.6 Å². The van der Waals surface area contributed by atoms with Crippen molar-refractivity contribution in [1.29, 1.82) is 0 Å². The Kier molecular flexibility index (Phi) is 2.10. The quantitative estimate of drug-likeness (QED) is 0.692. The fraction of sp³-hybridized carbons (Fsp3) is 0.100. The normalized spacial score (nSPS) is 13.6. The van der Waals surface area contributed by atoms with Crippen LogP contribution in [0.15, 0.2) is 30.0 Å². The third kappa shape index (κ3) is 1.69. The predicted molar refractivity (Wildman–Crippen MR) is 49.0 cm³/mol. The van der Waals surface area contributed by atoms with Gasteiger partial charge >= 0.3 is 6.16 Å². The minimum absolute atomic E-state index is 0.156. The fourth-order valence-electron chi connectivity index (χ4n) is 1.27. The van der Waals surface area contributed by atoms with E-state index >= 15 is 0 Å². The van der Waals surface area contributed by atoms with Crippen molar-refractivity contribution < 1.29 is 19.4 Å². The number of hydrogen-bond acceptors (Lipinski definition) is 3. The molecule has 0 unspecified atom stereocenters. The number of rotatable bonds is 1. The second-order valence-corrected chi connectivity index (χ2v) is 2.81. The smallest absolute Gasteiger partial charge is 0.485 e. The molecule has 0 saturated carbocycles. The molecule has 14 heavy (non-hydrogen) atoms. The van der Waals surface area contributed by atoms with E-state index in [1.54, 1.807) is 6.08 Å². The number of ether oxygens (including phenoxy) is 2. The van der Waals surface area contributed by atoms with Crippen LogP contribution in [0.25, 0.3) is 6.08 Å². The summed E-state index contributed by atoms with van der Waals surface area (Å²) in [6.07, 6.45) is 0.340. The van der Waals surface area contributed by atoms with E-state index in [0.717, 1.165) is 11.3 Å². The highest BCUT2D eigenvalue weighted by Gasteiger charge is 2.13. The zero-order valence-corrected chi connectivity index (χ0v) is 7.27. The Balaban J connectivity index is 2.26. The molecule has 1 N–H and O–H groups in total. The van der Waals surface area contributed by atoms with Crippen LogP contribution in [0, 0.1) is 0 Å². The first-order valence-corrected chi connectivity index (χ1v) is 4.09. The maximum atomic E-state index is 10.3. The predicted octanol–water partition coefficient (Wildman–Crippen LogP) is 2.11. The van der Waals surface area contributed by atoms with Gasteiger partial charge in [0, 0.05) is 5.56 Å². The highest BCUT2D eigenvalue weighted by molar-refractivity contribution is 5.65. The highest BCUT2D eigenvalue weighted by Crippen LogP contribution is 2.25. The van der Waals surface area contributed by atoms with Crippen molar-refractivity contribution in [3.63, 3.8) is 0 Å². The standard InChI is InChI=1S/C10H8O4/c11-10(12)14-8-5-7-3-1-2-4-9(7)13-6-8/h1-5H,6H2,(H,11,12). The summed E-state index contributed by atoms with van der Waals surface area (Å²) in [5, 5.41) is 8.40. The number of benzene rings is 1. The second kappa shape index (κ2) is 3.41. The SMILES string of the molecule is O=C(O)OC1=Cc2ccccc2OC1. The Morgan fingerprint density at radius 1 is 1.43 bits per heavy atom. The first-order chi connectivity index (χ1) is 6.75. The van der Waals surface area contributed by atoms with Crippen molar-refractivity contribution in [2.75, 3.05) is 6.61 Å². The number of fused-ring (bicyclic) bond motifs is 1. The average molecular weight is 192 g/mol. The Labute approximate surface area is 80.4 Å². The molecule has 1 aromatic rings. The molecule has 0 fully saturated rings. The molecule has 72 valence electrons. The largest absolute Gasteiger partial charge is 0.511 e. The maximum Gasteiger partial charge on any atom is 0.511 e. The average Bonchev–Trinajstić information content (AvgIpc) is 2.17. The molecule has 2 rings (SSSR count). The van der Waals surface area contributed by atoms with E-state index in [9.17, 15) is 4.79 Å². The van der Waals surface area contributed by atoms with Gasteiger partial charge in [0.1, 0.15) is 18.1 Å². The minimum atomic E-state index is -1.32. The van der Waals surface area contributed by atoms with E-state index in [4.69, 9.17) is 9.84 Å². The summed E-state index contributed by atoms with van der Waals surface area (Å²) in [5.74, 6) is 1.04. The summed E-state index contributed by atoms with van der Waals surface area (Å²) < 4.78 is 9.78. The van der Waals surface area contributed by atoms with Crippen molar-refractivity contribution >= 4 is 12.2 Å². The van der Waals surface area contributed by atoms with Crippen LogP contribution >= 0.6 is 0 Å². The molecular weight excluding hydrogens is 184 g/mol. The van der Waals surface area contributed by atoms with Crippen molar-refractivity contribution in [1.82, 2.24) is 0 Å². The van der Waals surface area contributed by atoms with Crippen LogP contribution in [0.3, 0.4) is 0 Å². The Morgan fingerprint density at radius 3 is 3.00 bits per heavy atom. The van der Waals surface area contributed by atoms with Crippen molar-refractivity contribution in [2.45, 2.75) is 0 Å². The molecule has 1 aliphatic heterocycles. The van der Waals surface area contributed by atoms with Gasteiger partial charge in [0.05, 0.1) is 0 Å². The summed E-state index contributed by atoms with van der Waals surface area (Å²) in [6, 6.07) is 7.36. The maximum absolute atomic E-state index is 10.3. The molecule has 0 spiro atoms. The third-order valence-corrected chi connectivity index (χ3v) is 1.82. The van der Waals surface area contributed by atoms with E-state index in [-0.39, 0.29) is 6.61 Å². The number of carboxylic acid groups (broad SMARTS) is 1. The molecule has 0 atom stereocenters. The fourth-order valence-corrected chi connectivity index (χ4v) is 1.27. The molecule has 0 radical (unpaired) electrons. The van der Waals surface area contributed by atoms with Gasteiger partial charge in [0.15, 0.2) is 0 Å². The van der Waals surface area contributed by atoms with E-state index < -0.39 is 6.16 Å². The molecule has 1 heterocycles. The minimum Gasteiger partial charge on any atom is -0.485 e. The van der Waals surface area contributed by atoms with Gasteiger partial charge in [0.2, 0.25) is 0 Å². The van der Waals surface area contributed by atoms with Crippen LogP contribution in [0.4, 0.5) is 4.79 Å². The molecule has 4 heteroatoms. The van der Waals surface area contributed by atoms with Gasteiger partial charge in [-0.15, -0.1) is 0 Å². The first-order valence-electron chi connectivity index (χ1n) is 4.09. The molecule has 0 amide bonds. The number of para-hydroxylation sites is 1. The lowest BCUT2D eigenvalue weighted by Gasteiger charge is -2.15. The Hall–Kier alpha value is -1.97. The van der Waals surface area contributed by atoms with Crippen LogP contribution in [0.2, 0.25) is 0 Å². The van der Waals surface area contributed by atoms with Gasteiger partial charge in [-0.2, -0.15) is 0 Å². The lowest BCUT2D eigenvalue weighted by molar-refractivity contribution is 0.109. The summed E-state index contributed by atoms with van der Waals surface area (Å²) in [7, 11) is 0. The van der Waals surface area contributed by atoms with E-state index in [0.29, 0.717) is 5.76 Å². The molecule has 1 aromatic carbocycles. The molecule has 1 aliphatic rings. The van der Waals surface area contributed by atoms with Crippen molar-refractivity contribution in [3.8, 4) is 5.75 Å². The second-order valence-electron chi connectivity index (χ2n) is 2.81. The van der Waals surface area contributed by atoms with Gasteiger partial charge in [-0.25, -0.2) is 4.79 Å². The van der Waals surface area contributed by atoms with Gasteiger partial charge in [-0.3, -0.25) is 0 Å². The van der Waals surface area contributed by atoms with Gasteiger partial charge in [-0.1, -0.05) is 18.2 Å². The van der Waals surface area contributed by atoms with E-state index in [1.807, 2.05) is 24.3 Å². The lowest BCUT2D eigenvalue weighted by atomic mass is 10.1. The van der Waals surface area contributed by atoms with Crippen LogP contribution in [0.5, 0.6) is 5.75 Å². The molecule has 0 aromatic heterocycles. The van der Waals surface area contributed by atoms with Crippen molar-refractivity contribution in [3.05, 3.63) is 35.6 Å². The highest BCUT2D eigenvalue weighted by atomic mass is 16.7. The molecule has 4 nitrogen and oxygen atoms in total. The van der Waals surface area contributed by atoms with Crippen LogP contribution in [-0.2, 0) is 4.74 Å². The zero-order valence-electron chi connectivity index (χ0n) is 7.27. The molecule has 0 saturated heterocycles. The Bertz CT molecular complexity index is 395. The number of carbonyl (C=O) groups is 1. The Morgan fingerprint density at radius 2 is 2.21 bits per heavy atom. The topological polar surface area (TPSA) is 55.8 Å². The summed E-state index contributed by atoms with van der Waals surface area (Å²) in [5.41, 5.74) is 0.829. The van der Waals surface area contributed by atoms with Crippen LogP contribution < -0.4 is 4.74 Å². The van der Waals surface area contributed by atoms with Gasteiger partial charge in [-0.05, 0) is 12.1 Å². The van der Waals surface area contributed by atoms with Crippen molar-refractivity contribution in [2.24, 2.45) is 0 Å². The summed E-state index contributed by atoms with van der Waals surface area (Å²) in [6.45, 7) is 0.156. The van der Waals surface area contributed by atoms with Gasteiger partial charge in [0.25, 0.3) is 0 Å². The molecule has 0 aliphatic carbocycles. The summed E-state index contributed by atoms with van der Waals surface area (Å²) >= 11 is 0. The summed E-state index contributed by atoms with van der Waals surface area (Å²) in [4.78, 5) is 10.3. The van der Waals surface area contributed by atoms with E-state index in [1.165, 1.54) is 0 Å². The molecular formula is C10H8O4. The monoisotopic (exact) mass is 192 g/mol. The van der Waals surface area contributed by atoms with E-state index in [2.05, 4.69) is 4.74 Å². The van der Waals surface area contributed by atoms with Crippen LogP contribution in [0.1, 0.15) is 5.56 Å². The number of hydrogen-bond donors (Lipinski definition) is 1. The first kappa shape index (κ1) is 8.62.